The van der Waals surface area contributed by atoms with Crippen LogP contribution in [-0.4, -0.2) is 17.6 Å². The van der Waals surface area contributed by atoms with Crippen molar-refractivity contribution in [2.75, 3.05) is 12.0 Å². The number of hydrogen-bond donors (Lipinski definition) is 1. The van der Waals surface area contributed by atoms with Gasteiger partial charge in [-0.05, 0) is 12.1 Å². The van der Waals surface area contributed by atoms with Crippen LogP contribution in [0.1, 0.15) is 5.69 Å². The van der Waals surface area contributed by atoms with Crippen LogP contribution in [0.15, 0.2) is 18.3 Å². The van der Waals surface area contributed by atoms with Crippen molar-refractivity contribution in [2.24, 2.45) is 0 Å². The zero-order valence-electron chi connectivity index (χ0n) is 6.62. The summed E-state index contributed by atoms with van der Waals surface area (Å²) < 4.78 is 11.7. The lowest BCUT2D eigenvalue weighted by Gasteiger charge is -2.00. The molecule has 0 aliphatic carbocycles. The number of hydrogen-bond acceptors (Lipinski definition) is 3. The Morgan fingerprint density at radius 3 is 2.92 bits per heavy atom. The predicted molar refractivity (Wildman–Crippen MR) is 43.6 cm³/mol. The van der Waals surface area contributed by atoms with Gasteiger partial charge in [-0.1, -0.05) is 0 Å². The average molecular weight is 179 g/mol. The van der Waals surface area contributed by atoms with E-state index in [2.05, 4.69) is 10.3 Å². The van der Waals surface area contributed by atoms with Gasteiger partial charge in [0.2, 0.25) is 0 Å². The first-order valence-corrected chi connectivity index (χ1v) is 3.48. The topological polar surface area (TPSA) is 65.8 Å². The van der Waals surface area contributed by atoms with Gasteiger partial charge in [-0.2, -0.15) is 5.26 Å². The lowest BCUT2D eigenvalue weighted by molar-refractivity contribution is -0.117. The number of alkyl halides is 1. The Kier molecular flexibility index (Phi) is 2.92. The van der Waals surface area contributed by atoms with E-state index >= 15 is 0 Å². The first kappa shape index (κ1) is 9.13. The summed E-state index contributed by atoms with van der Waals surface area (Å²) in [5, 5.41) is 10.7. The number of nitrogens with one attached hydrogen (secondary N) is 1. The number of pyridine rings is 1. The van der Waals surface area contributed by atoms with E-state index in [1.807, 2.05) is 6.07 Å². The van der Waals surface area contributed by atoms with Crippen molar-refractivity contribution in [3.8, 4) is 6.07 Å². The number of halogens is 1. The summed E-state index contributed by atoms with van der Waals surface area (Å²) in [6.45, 7) is -1.07. The monoisotopic (exact) mass is 179 g/mol. The quantitative estimate of drug-likeness (QED) is 0.732. The van der Waals surface area contributed by atoms with Crippen molar-refractivity contribution in [1.29, 1.82) is 5.26 Å². The van der Waals surface area contributed by atoms with Crippen LogP contribution in [0.5, 0.6) is 0 Å². The minimum atomic E-state index is -1.07. The van der Waals surface area contributed by atoms with E-state index in [-0.39, 0.29) is 5.69 Å². The van der Waals surface area contributed by atoms with Crippen molar-refractivity contribution >= 4 is 11.6 Å². The second kappa shape index (κ2) is 4.16. The van der Waals surface area contributed by atoms with Crippen LogP contribution >= 0.6 is 0 Å². The Morgan fingerprint density at radius 1 is 1.69 bits per heavy atom. The zero-order chi connectivity index (χ0) is 9.68. The van der Waals surface area contributed by atoms with Crippen LogP contribution in [0.4, 0.5) is 10.1 Å². The molecule has 1 aromatic rings. The Bertz CT molecular complexity index is 341. The van der Waals surface area contributed by atoms with E-state index in [4.69, 9.17) is 5.26 Å². The maximum absolute atomic E-state index is 11.7. The second-order valence-electron chi connectivity index (χ2n) is 2.23. The highest BCUT2D eigenvalue weighted by Crippen LogP contribution is 2.04. The van der Waals surface area contributed by atoms with Crippen LogP contribution in [-0.2, 0) is 4.79 Å². The number of amides is 1. The van der Waals surface area contributed by atoms with E-state index < -0.39 is 12.6 Å². The summed E-state index contributed by atoms with van der Waals surface area (Å²) in [6, 6.07) is 4.75. The minimum Gasteiger partial charge on any atom is -0.322 e. The molecule has 0 saturated carbocycles. The van der Waals surface area contributed by atoms with Crippen LogP contribution in [0.2, 0.25) is 0 Å². The van der Waals surface area contributed by atoms with Gasteiger partial charge in [0.25, 0.3) is 5.91 Å². The Hall–Kier alpha value is -1.96. The molecule has 0 saturated heterocycles. The summed E-state index contributed by atoms with van der Waals surface area (Å²) in [5.74, 6) is -0.730. The molecule has 0 aromatic carbocycles. The van der Waals surface area contributed by atoms with Gasteiger partial charge in [-0.25, -0.2) is 9.37 Å². The molecule has 0 fully saturated rings. The Morgan fingerprint density at radius 2 is 2.46 bits per heavy atom. The first-order chi connectivity index (χ1) is 6.26. The molecular formula is C8H6FN3O. The SMILES string of the molecule is N#Cc1ccc(NC(=O)CF)cn1. The van der Waals surface area contributed by atoms with Gasteiger partial charge in [-0.3, -0.25) is 4.79 Å². The van der Waals surface area contributed by atoms with E-state index in [0.29, 0.717) is 5.69 Å². The lowest BCUT2D eigenvalue weighted by atomic mass is 10.3. The first-order valence-electron chi connectivity index (χ1n) is 3.48. The van der Waals surface area contributed by atoms with Gasteiger partial charge in [0.05, 0.1) is 11.9 Å². The fourth-order valence-corrected chi connectivity index (χ4v) is 0.728. The molecule has 0 atom stereocenters. The average Bonchev–Trinajstić information content (AvgIpc) is 2.19. The van der Waals surface area contributed by atoms with Gasteiger partial charge in [0.15, 0.2) is 6.67 Å². The van der Waals surface area contributed by atoms with Crippen molar-refractivity contribution in [3.63, 3.8) is 0 Å². The summed E-state index contributed by atoms with van der Waals surface area (Å²) in [5.41, 5.74) is 0.625. The van der Waals surface area contributed by atoms with Crippen LogP contribution in [0, 0.1) is 11.3 Å². The third-order valence-electron chi connectivity index (χ3n) is 1.28. The zero-order valence-corrected chi connectivity index (χ0v) is 6.62. The van der Waals surface area contributed by atoms with Gasteiger partial charge < -0.3 is 5.32 Å². The molecule has 4 nitrogen and oxygen atoms in total. The van der Waals surface area contributed by atoms with Crippen molar-refractivity contribution in [1.82, 2.24) is 4.98 Å². The Balaban J connectivity index is 2.71. The summed E-state index contributed by atoms with van der Waals surface area (Å²) in [4.78, 5) is 14.2. The highest BCUT2D eigenvalue weighted by molar-refractivity contribution is 5.91. The number of anilines is 1. The molecule has 0 radical (unpaired) electrons. The van der Waals surface area contributed by atoms with Crippen LogP contribution in [0.3, 0.4) is 0 Å². The molecule has 1 aromatic heterocycles. The molecule has 0 aliphatic heterocycles. The summed E-state index contributed by atoms with van der Waals surface area (Å²) in [7, 11) is 0. The third kappa shape index (κ3) is 2.52. The highest BCUT2D eigenvalue weighted by Gasteiger charge is 2.00. The summed E-state index contributed by atoms with van der Waals surface area (Å²) in [6.07, 6.45) is 1.30. The molecule has 66 valence electrons. The van der Waals surface area contributed by atoms with E-state index in [1.165, 1.54) is 18.3 Å². The van der Waals surface area contributed by atoms with E-state index in [1.54, 1.807) is 0 Å². The maximum atomic E-state index is 11.7. The second-order valence-corrected chi connectivity index (χ2v) is 2.23. The third-order valence-corrected chi connectivity index (χ3v) is 1.28. The van der Waals surface area contributed by atoms with Crippen molar-refractivity contribution in [2.45, 2.75) is 0 Å². The van der Waals surface area contributed by atoms with Gasteiger partial charge in [-0.15, -0.1) is 0 Å². The lowest BCUT2D eigenvalue weighted by Crippen LogP contribution is -2.13. The molecular weight excluding hydrogens is 173 g/mol. The fraction of sp³-hybridized carbons (Fsp3) is 0.125. The molecule has 0 aliphatic rings. The van der Waals surface area contributed by atoms with Crippen LogP contribution < -0.4 is 5.32 Å². The Labute approximate surface area is 74.0 Å². The molecule has 1 rings (SSSR count). The summed E-state index contributed by atoms with van der Waals surface area (Å²) >= 11 is 0. The molecule has 1 N–H and O–H groups in total. The van der Waals surface area contributed by atoms with Gasteiger partial charge in [0.1, 0.15) is 11.8 Å². The van der Waals surface area contributed by atoms with E-state index in [9.17, 15) is 9.18 Å². The number of carbonyl (C=O) groups is 1. The van der Waals surface area contributed by atoms with Crippen molar-refractivity contribution in [3.05, 3.63) is 24.0 Å². The van der Waals surface area contributed by atoms with Crippen LogP contribution in [0.25, 0.3) is 0 Å². The number of rotatable bonds is 2. The molecule has 1 heterocycles. The smallest absolute Gasteiger partial charge is 0.255 e. The molecule has 0 unspecified atom stereocenters. The fourth-order valence-electron chi connectivity index (χ4n) is 0.728. The normalized spacial score (nSPS) is 8.92. The molecule has 0 spiro atoms. The standard InChI is InChI=1S/C8H6FN3O/c9-3-8(13)12-7-2-1-6(4-10)11-5-7/h1-2,5H,3H2,(H,12,13). The van der Waals surface area contributed by atoms with E-state index in [0.717, 1.165) is 0 Å². The maximum Gasteiger partial charge on any atom is 0.255 e. The predicted octanol–water partition coefficient (Wildman–Crippen LogP) is 0.861. The molecule has 0 bridgehead atoms. The van der Waals surface area contributed by atoms with Crippen molar-refractivity contribution < 1.29 is 9.18 Å². The highest BCUT2D eigenvalue weighted by atomic mass is 19.1. The van der Waals surface area contributed by atoms with Gasteiger partial charge >= 0.3 is 0 Å². The minimum absolute atomic E-state index is 0.248. The molecule has 1 amide bonds. The van der Waals surface area contributed by atoms with Gasteiger partial charge in [0, 0.05) is 0 Å². The number of carbonyl (C=O) groups excluding carboxylic acids is 1. The largest absolute Gasteiger partial charge is 0.322 e. The number of nitriles is 1. The number of nitrogens with zero attached hydrogens (tertiary/aromatic N) is 2. The molecule has 13 heavy (non-hydrogen) atoms. The number of aromatic nitrogens is 1. The molecule has 5 heteroatoms.